The number of benzene rings is 3. The number of sulfonamides is 1. The van der Waals surface area contributed by atoms with Gasteiger partial charge in [-0.1, -0.05) is 42.0 Å². The molecule has 1 N–H and O–H groups in total. The molecule has 0 saturated carbocycles. The molecule has 9 heteroatoms. The molecule has 0 unspecified atom stereocenters. The first-order valence-corrected chi connectivity index (χ1v) is 14.4. The summed E-state index contributed by atoms with van der Waals surface area (Å²) in [5.41, 5.74) is 8.72. The molecule has 0 bridgehead atoms. The van der Waals surface area contributed by atoms with Crippen LogP contribution in [0.3, 0.4) is 0 Å². The van der Waals surface area contributed by atoms with Crippen LogP contribution < -0.4 is 14.5 Å². The summed E-state index contributed by atoms with van der Waals surface area (Å²) < 4.78 is 36.3. The molecule has 0 radical (unpaired) electrons. The van der Waals surface area contributed by atoms with Crippen molar-refractivity contribution in [2.75, 3.05) is 17.5 Å². The fraction of sp³-hybridized carbons (Fsp3) is 0.226. The molecule has 0 aliphatic heterocycles. The maximum Gasteiger partial charge on any atom is 0.264 e. The number of nitrogens with zero attached hydrogens (tertiary/aromatic N) is 3. The Morgan fingerprint density at radius 1 is 0.950 bits per heavy atom. The fourth-order valence-electron chi connectivity index (χ4n) is 4.50. The van der Waals surface area contributed by atoms with Crippen LogP contribution in [0.15, 0.2) is 88.9 Å². The number of ether oxygens (including phenoxy) is 1. The lowest BCUT2D eigenvalue weighted by molar-refractivity contribution is -0.119. The molecule has 0 spiro atoms. The molecule has 3 aromatic carbocycles. The Bertz CT molecular complexity index is 1640. The normalized spacial score (nSPS) is 11.5. The molecule has 40 heavy (non-hydrogen) atoms. The topological polar surface area (TPSA) is 93.0 Å². The minimum absolute atomic E-state index is 0.0734. The van der Waals surface area contributed by atoms with Crippen molar-refractivity contribution >= 4 is 27.8 Å². The predicted molar refractivity (Wildman–Crippen MR) is 159 cm³/mol. The molecule has 4 rings (SSSR count). The second kappa shape index (κ2) is 12.2. The van der Waals surface area contributed by atoms with Gasteiger partial charge in [0.2, 0.25) is 0 Å². The monoisotopic (exact) mass is 558 g/mol. The zero-order valence-corrected chi connectivity index (χ0v) is 24.2. The first-order valence-electron chi connectivity index (χ1n) is 13.0. The van der Waals surface area contributed by atoms with Crippen molar-refractivity contribution in [1.82, 2.24) is 9.99 Å². The van der Waals surface area contributed by atoms with Crippen LogP contribution in [0.1, 0.15) is 35.0 Å². The van der Waals surface area contributed by atoms with Crippen LogP contribution in [0.4, 0.5) is 5.69 Å². The number of hydrogen-bond donors (Lipinski definition) is 1. The molecule has 1 aromatic heterocycles. The number of carbonyl (C=O) groups excluding carboxylic acids is 1. The second-order valence-electron chi connectivity index (χ2n) is 9.52. The van der Waals surface area contributed by atoms with Gasteiger partial charge in [-0.25, -0.2) is 13.8 Å². The van der Waals surface area contributed by atoms with Gasteiger partial charge in [-0.2, -0.15) is 5.10 Å². The van der Waals surface area contributed by atoms with E-state index >= 15 is 0 Å². The minimum atomic E-state index is -4.09. The molecular formula is C31H34N4O4S. The predicted octanol–water partition coefficient (Wildman–Crippen LogP) is 5.46. The summed E-state index contributed by atoms with van der Waals surface area (Å²) in [4.78, 5) is 13.1. The van der Waals surface area contributed by atoms with Crippen LogP contribution >= 0.6 is 0 Å². The summed E-state index contributed by atoms with van der Waals surface area (Å²) in [5, 5.41) is 4.15. The summed E-state index contributed by atoms with van der Waals surface area (Å²) >= 11 is 0. The first kappa shape index (κ1) is 28.6. The molecule has 1 amide bonds. The average Bonchev–Trinajstić information content (AvgIpc) is 3.20. The molecule has 208 valence electrons. The smallest absolute Gasteiger partial charge is 0.264 e. The number of aryl methyl sites for hydroxylation is 3. The molecule has 0 atom stereocenters. The van der Waals surface area contributed by atoms with Crippen molar-refractivity contribution in [3.05, 3.63) is 107 Å². The van der Waals surface area contributed by atoms with Gasteiger partial charge in [0.25, 0.3) is 15.9 Å². The third-order valence-electron chi connectivity index (χ3n) is 6.45. The van der Waals surface area contributed by atoms with Gasteiger partial charge in [0.05, 0.1) is 23.4 Å². The molecule has 0 fully saturated rings. The van der Waals surface area contributed by atoms with Gasteiger partial charge in [0.15, 0.2) is 0 Å². The van der Waals surface area contributed by atoms with Gasteiger partial charge in [-0.15, -0.1) is 0 Å². The van der Waals surface area contributed by atoms with Crippen molar-refractivity contribution in [3.8, 4) is 11.4 Å². The summed E-state index contributed by atoms with van der Waals surface area (Å²) in [6, 6.07) is 23.4. The maximum atomic E-state index is 13.7. The number of hydrazone groups is 1. The van der Waals surface area contributed by atoms with E-state index in [1.54, 1.807) is 42.6 Å². The minimum Gasteiger partial charge on any atom is -0.492 e. The molecule has 8 nitrogen and oxygen atoms in total. The van der Waals surface area contributed by atoms with E-state index in [4.69, 9.17) is 4.74 Å². The van der Waals surface area contributed by atoms with Crippen LogP contribution in [-0.2, 0) is 14.8 Å². The van der Waals surface area contributed by atoms with Crippen molar-refractivity contribution in [2.24, 2.45) is 5.10 Å². The number of anilines is 1. The van der Waals surface area contributed by atoms with Gasteiger partial charge in [0, 0.05) is 22.6 Å². The first-order chi connectivity index (χ1) is 19.1. The highest BCUT2D eigenvalue weighted by Crippen LogP contribution is 2.32. The van der Waals surface area contributed by atoms with Gasteiger partial charge in [0.1, 0.15) is 12.3 Å². The average molecular weight is 559 g/mol. The second-order valence-corrected chi connectivity index (χ2v) is 11.4. The van der Waals surface area contributed by atoms with E-state index < -0.39 is 22.5 Å². The van der Waals surface area contributed by atoms with Crippen molar-refractivity contribution in [3.63, 3.8) is 0 Å². The Balaban J connectivity index is 1.59. The standard InChI is InChI=1S/C31H34N4O4S/c1-6-39-30-13-8-7-12-29(30)34(40(37,38)28-16-14-22(2)15-17-28)21-31(36)33-32-20-26-19-24(4)35(25(26)5)27-11-9-10-23(3)18-27/h7-20H,6,21H2,1-5H3,(H,33,36)/b32-20-. The highest BCUT2D eigenvalue weighted by atomic mass is 32.2. The Labute approximate surface area is 236 Å². The summed E-state index contributed by atoms with van der Waals surface area (Å²) in [6.45, 7) is 9.58. The van der Waals surface area contributed by atoms with Crippen LogP contribution in [0, 0.1) is 27.7 Å². The van der Waals surface area contributed by atoms with E-state index in [0.29, 0.717) is 12.4 Å². The Morgan fingerprint density at radius 3 is 2.38 bits per heavy atom. The highest BCUT2D eigenvalue weighted by molar-refractivity contribution is 7.92. The van der Waals surface area contributed by atoms with E-state index in [-0.39, 0.29) is 10.6 Å². The van der Waals surface area contributed by atoms with Crippen LogP contribution in [0.25, 0.3) is 5.69 Å². The number of nitrogens with one attached hydrogen (secondary N) is 1. The summed E-state index contributed by atoms with van der Waals surface area (Å²) in [5.74, 6) is -0.230. The lowest BCUT2D eigenvalue weighted by atomic mass is 10.2. The van der Waals surface area contributed by atoms with Crippen molar-refractivity contribution in [1.29, 1.82) is 0 Å². The number of aromatic nitrogens is 1. The SMILES string of the molecule is CCOc1ccccc1N(CC(=O)N/N=C\c1cc(C)n(-c2cccc(C)c2)c1C)S(=O)(=O)c1ccc(C)cc1. The number of rotatable bonds is 10. The Kier molecular flexibility index (Phi) is 8.74. The van der Waals surface area contributed by atoms with Gasteiger partial charge < -0.3 is 9.30 Å². The number of para-hydroxylation sites is 2. The third kappa shape index (κ3) is 6.26. The number of amides is 1. The van der Waals surface area contributed by atoms with Crippen molar-refractivity contribution in [2.45, 2.75) is 39.5 Å². The van der Waals surface area contributed by atoms with Gasteiger partial charge in [-0.3, -0.25) is 9.10 Å². The Morgan fingerprint density at radius 2 is 1.68 bits per heavy atom. The fourth-order valence-corrected chi connectivity index (χ4v) is 5.93. The lowest BCUT2D eigenvalue weighted by Crippen LogP contribution is -2.39. The zero-order valence-electron chi connectivity index (χ0n) is 23.4. The third-order valence-corrected chi connectivity index (χ3v) is 8.23. The molecule has 4 aromatic rings. The quantitative estimate of drug-likeness (QED) is 0.207. The number of carbonyl (C=O) groups is 1. The van der Waals surface area contributed by atoms with Crippen LogP contribution in [0.2, 0.25) is 0 Å². The molecule has 1 heterocycles. The maximum absolute atomic E-state index is 13.7. The van der Waals surface area contributed by atoms with Gasteiger partial charge in [-0.05, 0) is 82.6 Å². The summed E-state index contributed by atoms with van der Waals surface area (Å²) in [7, 11) is -4.09. The molecule has 0 aliphatic rings. The lowest BCUT2D eigenvalue weighted by Gasteiger charge is -2.25. The van der Waals surface area contributed by atoms with Crippen LogP contribution in [0.5, 0.6) is 5.75 Å². The van der Waals surface area contributed by atoms with E-state index in [1.165, 1.54) is 12.1 Å². The van der Waals surface area contributed by atoms with Crippen LogP contribution in [-0.4, -0.2) is 38.3 Å². The van der Waals surface area contributed by atoms with E-state index in [9.17, 15) is 13.2 Å². The van der Waals surface area contributed by atoms with E-state index in [0.717, 1.165) is 38.1 Å². The molecule has 0 aliphatic carbocycles. The Hall–Kier alpha value is -4.37. The largest absolute Gasteiger partial charge is 0.492 e. The van der Waals surface area contributed by atoms with E-state index in [2.05, 4.69) is 21.2 Å². The van der Waals surface area contributed by atoms with Crippen molar-refractivity contribution < 1.29 is 17.9 Å². The highest BCUT2D eigenvalue weighted by Gasteiger charge is 2.29. The van der Waals surface area contributed by atoms with E-state index in [1.807, 2.05) is 58.9 Å². The zero-order chi connectivity index (χ0) is 28.9. The van der Waals surface area contributed by atoms with Gasteiger partial charge >= 0.3 is 0 Å². The number of hydrogen-bond acceptors (Lipinski definition) is 5. The molecule has 0 saturated heterocycles. The summed E-state index contributed by atoms with van der Waals surface area (Å²) in [6.07, 6.45) is 1.57. The molecular weight excluding hydrogens is 524 g/mol.